The molecule has 0 saturated heterocycles. The van der Waals surface area contributed by atoms with Crippen molar-refractivity contribution in [1.29, 1.82) is 0 Å². The van der Waals surface area contributed by atoms with Crippen molar-refractivity contribution in [3.05, 3.63) is 41.4 Å². The Labute approximate surface area is 149 Å². The number of para-hydroxylation sites is 1. The number of amides is 2. The van der Waals surface area contributed by atoms with Crippen LogP contribution in [0.25, 0.3) is 0 Å². The van der Waals surface area contributed by atoms with E-state index in [0.29, 0.717) is 16.5 Å². The average Bonchev–Trinajstić information content (AvgIpc) is 2.58. The molecule has 130 valence electrons. The lowest BCUT2D eigenvalue weighted by Gasteiger charge is -2.35. The highest BCUT2D eigenvalue weighted by atomic mass is 35.5. The molecule has 0 aliphatic carbocycles. The first kappa shape index (κ1) is 17.0. The maximum atomic E-state index is 12.6. The molecule has 2 amide bonds. The Bertz CT molecular complexity index is 842. The Hall–Kier alpha value is -2.80. The lowest BCUT2D eigenvalue weighted by Crippen LogP contribution is -2.53. The number of nitrogens with zero attached hydrogens (tertiary/aromatic N) is 2. The molecular weight excluding hydrogens is 344 g/mol. The van der Waals surface area contributed by atoms with Crippen LogP contribution in [0.3, 0.4) is 0 Å². The number of hydrogen-bond donors (Lipinski definition) is 2. The summed E-state index contributed by atoms with van der Waals surface area (Å²) >= 11 is 6.07. The summed E-state index contributed by atoms with van der Waals surface area (Å²) in [6.45, 7) is 3.23. The highest BCUT2D eigenvalue weighted by Gasteiger charge is 2.38. The fourth-order valence-electron chi connectivity index (χ4n) is 2.55. The standard InChI is InChI=1S/C17H17ClN4O3/c1-9(16(23)20-12-6-4-3-5-11(12)18)22-15-13(7-8-14(19)21-15)25-10(2)17(22)24/h3-10H,1-2H3,(H2,19,21)(H,20,23). The summed E-state index contributed by atoms with van der Waals surface area (Å²) in [5, 5.41) is 3.13. The third-order valence-corrected chi connectivity index (χ3v) is 4.21. The Balaban J connectivity index is 1.91. The third-order valence-electron chi connectivity index (χ3n) is 3.88. The van der Waals surface area contributed by atoms with Crippen LogP contribution < -0.4 is 20.7 Å². The van der Waals surface area contributed by atoms with Crippen molar-refractivity contribution in [2.45, 2.75) is 26.0 Å². The summed E-state index contributed by atoms with van der Waals surface area (Å²) in [5.41, 5.74) is 6.19. The molecule has 0 fully saturated rings. The summed E-state index contributed by atoms with van der Waals surface area (Å²) in [4.78, 5) is 30.7. The molecule has 8 heteroatoms. The molecule has 3 rings (SSSR count). The number of nitrogen functional groups attached to an aromatic ring is 1. The largest absolute Gasteiger partial charge is 0.477 e. The van der Waals surface area contributed by atoms with Gasteiger partial charge < -0.3 is 15.8 Å². The number of nitrogens with two attached hydrogens (primary N) is 1. The quantitative estimate of drug-likeness (QED) is 0.876. The Morgan fingerprint density at radius 3 is 2.80 bits per heavy atom. The van der Waals surface area contributed by atoms with Gasteiger partial charge in [0.25, 0.3) is 5.91 Å². The van der Waals surface area contributed by atoms with Gasteiger partial charge in [-0.25, -0.2) is 4.98 Å². The monoisotopic (exact) mass is 360 g/mol. The summed E-state index contributed by atoms with van der Waals surface area (Å²) in [6.07, 6.45) is -0.728. The molecule has 2 atom stereocenters. The molecule has 1 aromatic carbocycles. The number of nitrogens with one attached hydrogen (secondary N) is 1. The van der Waals surface area contributed by atoms with Crippen molar-refractivity contribution in [2.75, 3.05) is 16.0 Å². The van der Waals surface area contributed by atoms with E-state index in [1.54, 1.807) is 50.2 Å². The van der Waals surface area contributed by atoms with Crippen LogP contribution in [0, 0.1) is 0 Å². The van der Waals surface area contributed by atoms with Gasteiger partial charge in [0.1, 0.15) is 11.9 Å². The average molecular weight is 361 g/mol. The van der Waals surface area contributed by atoms with Crippen LogP contribution in [0.1, 0.15) is 13.8 Å². The predicted octanol–water partition coefficient (Wildman–Crippen LogP) is 2.46. The molecule has 0 spiro atoms. The van der Waals surface area contributed by atoms with E-state index in [-0.39, 0.29) is 17.5 Å². The van der Waals surface area contributed by atoms with Crippen LogP contribution in [0.5, 0.6) is 5.75 Å². The Morgan fingerprint density at radius 1 is 1.36 bits per heavy atom. The van der Waals surface area contributed by atoms with Crippen molar-refractivity contribution in [2.24, 2.45) is 0 Å². The second-order valence-corrected chi connectivity index (χ2v) is 6.08. The molecule has 2 heterocycles. The number of halogens is 1. The van der Waals surface area contributed by atoms with E-state index in [2.05, 4.69) is 10.3 Å². The molecule has 25 heavy (non-hydrogen) atoms. The number of pyridine rings is 1. The number of hydrogen-bond acceptors (Lipinski definition) is 5. The molecule has 7 nitrogen and oxygen atoms in total. The Morgan fingerprint density at radius 2 is 2.08 bits per heavy atom. The second-order valence-electron chi connectivity index (χ2n) is 5.67. The zero-order chi connectivity index (χ0) is 18.1. The van der Waals surface area contributed by atoms with Crippen molar-refractivity contribution in [3.8, 4) is 5.75 Å². The van der Waals surface area contributed by atoms with Gasteiger partial charge in [0.05, 0.1) is 10.7 Å². The van der Waals surface area contributed by atoms with Gasteiger partial charge in [-0.2, -0.15) is 0 Å². The molecule has 0 radical (unpaired) electrons. The molecule has 2 unspecified atom stereocenters. The van der Waals surface area contributed by atoms with Gasteiger partial charge in [-0.15, -0.1) is 0 Å². The molecule has 2 aromatic rings. The minimum Gasteiger partial charge on any atom is -0.477 e. The molecule has 1 aliphatic rings. The van der Waals surface area contributed by atoms with E-state index in [0.717, 1.165) is 0 Å². The zero-order valence-corrected chi connectivity index (χ0v) is 14.4. The van der Waals surface area contributed by atoms with Crippen LogP contribution in [-0.2, 0) is 9.59 Å². The second kappa shape index (κ2) is 6.60. The maximum Gasteiger partial charge on any atom is 0.269 e. The van der Waals surface area contributed by atoms with Gasteiger partial charge in [-0.3, -0.25) is 14.5 Å². The maximum absolute atomic E-state index is 12.6. The van der Waals surface area contributed by atoms with Crippen molar-refractivity contribution in [3.63, 3.8) is 0 Å². The summed E-state index contributed by atoms with van der Waals surface area (Å²) in [7, 11) is 0. The summed E-state index contributed by atoms with van der Waals surface area (Å²) in [6, 6.07) is 9.24. The van der Waals surface area contributed by atoms with Gasteiger partial charge in [-0.1, -0.05) is 23.7 Å². The number of anilines is 3. The van der Waals surface area contributed by atoms with E-state index >= 15 is 0 Å². The zero-order valence-electron chi connectivity index (χ0n) is 13.7. The number of ether oxygens (including phenoxy) is 1. The molecule has 1 aromatic heterocycles. The van der Waals surface area contributed by atoms with Gasteiger partial charge in [0.2, 0.25) is 5.91 Å². The predicted molar refractivity (Wildman–Crippen MR) is 95.8 cm³/mol. The first-order valence-electron chi connectivity index (χ1n) is 7.70. The van der Waals surface area contributed by atoms with Gasteiger partial charge in [0.15, 0.2) is 17.7 Å². The lowest BCUT2D eigenvalue weighted by atomic mass is 10.1. The first-order valence-corrected chi connectivity index (χ1v) is 8.08. The molecule has 0 saturated carbocycles. The van der Waals surface area contributed by atoms with E-state index in [1.165, 1.54) is 4.90 Å². The minimum atomic E-state index is -0.830. The Kier molecular flexibility index (Phi) is 4.50. The van der Waals surface area contributed by atoms with E-state index < -0.39 is 18.1 Å². The van der Waals surface area contributed by atoms with Crippen molar-refractivity contribution >= 4 is 40.7 Å². The molecular formula is C17H17ClN4O3. The number of benzene rings is 1. The lowest BCUT2D eigenvalue weighted by molar-refractivity contribution is -0.128. The number of fused-ring (bicyclic) bond motifs is 1. The van der Waals surface area contributed by atoms with E-state index in [1.807, 2.05) is 0 Å². The van der Waals surface area contributed by atoms with Gasteiger partial charge in [0, 0.05) is 0 Å². The van der Waals surface area contributed by atoms with Crippen LogP contribution >= 0.6 is 11.6 Å². The van der Waals surface area contributed by atoms with Crippen LogP contribution in [-0.4, -0.2) is 28.9 Å². The van der Waals surface area contributed by atoms with Gasteiger partial charge >= 0.3 is 0 Å². The number of carbonyl (C=O) groups excluding carboxylic acids is 2. The van der Waals surface area contributed by atoms with Gasteiger partial charge in [-0.05, 0) is 38.1 Å². The van der Waals surface area contributed by atoms with E-state index in [9.17, 15) is 9.59 Å². The molecule has 1 aliphatic heterocycles. The van der Waals surface area contributed by atoms with Crippen molar-refractivity contribution < 1.29 is 14.3 Å². The fraction of sp³-hybridized carbons (Fsp3) is 0.235. The van der Waals surface area contributed by atoms with Crippen LogP contribution in [0.15, 0.2) is 36.4 Å². The number of carbonyl (C=O) groups is 2. The molecule has 3 N–H and O–H groups in total. The summed E-state index contributed by atoms with van der Waals surface area (Å²) < 4.78 is 5.53. The van der Waals surface area contributed by atoms with E-state index in [4.69, 9.17) is 22.1 Å². The third kappa shape index (κ3) is 3.23. The van der Waals surface area contributed by atoms with Crippen molar-refractivity contribution in [1.82, 2.24) is 4.98 Å². The molecule has 0 bridgehead atoms. The minimum absolute atomic E-state index is 0.227. The smallest absolute Gasteiger partial charge is 0.269 e. The van der Waals surface area contributed by atoms with Crippen LogP contribution in [0.2, 0.25) is 5.02 Å². The number of rotatable bonds is 3. The fourth-order valence-corrected chi connectivity index (χ4v) is 2.73. The highest BCUT2D eigenvalue weighted by Crippen LogP contribution is 2.34. The van der Waals surface area contributed by atoms with Crippen LogP contribution in [0.4, 0.5) is 17.3 Å². The SMILES string of the molecule is CC1Oc2ccc(N)nc2N(C(C)C(=O)Nc2ccccc2Cl)C1=O. The number of aromatic nitrogens is 1. The first-order chi connectivity index (χ1) is 11.9. The topological polar surface area (TPSA) is 97.6 Å². The normalized spacial score (nSPS) is 17.5. The summed E-state index contributed by atoms with van der Waals surface area (Å²) in [5.74, 6) is 0.0927. The highest BCUT2D eigenvalue weighted by molar-refractivity contribution is 6.33.